The minimum absolute atomic E-state index is 0.619. The minimum Gasteiger partial charge on any atom is -0.496 e. The zero-order valence-corrected chi connectivity index (χ0v) is 9.36. The van der Waals surface area contributed by atoms with Gasteiger partial charge in [0.05, 0.1) is 25.5 Å². The summed E-state index contributed by atoms with van der Waals surface area (Å²) < 4.78 is 10.6. The summed E-state index contributed by atoms with van der Waals surface area (Å²) in [6.07, 6.45) is 1.67. The van der Waals surface area contributed by atoms with Gasteiger partial charge < -0.3 is 14.5 Å². The number of para-hydroxylation sites is 1. The first-order valence-electron chi connectivity index (χ1n) is 5.16. The first-order valence-corrected chi connectivity index (χ1v) is 5.16. The third-order valence-electron chi connectivity index (χ3n) is 2.21. The molecule has 4 nitrogen and oxygen atoms in total. The molecule has 84 valence electrons. The first kappa shape index (κ1) is 10.5. The van der Waals surface area contributed by atoms with E-state index in [-0.39, 0.29) is 0 Å². The van der Waals surface area contributed by atoms with Gasteiger partial charge in [0.25, 0.3) is 0 Å². The van der Waals surface area contributed by atoms with Gasteiger partial charge >= 0.3 is 0 Å². The van der Waals surface area contributed by atoms with E-state index in [4.69, 9.17) is 9.47 Å². The average Bonchev–Trinajstić information content (AvgIpc) is 2.78. The Bertz CT molecular complexity index is 466. The van der Waals surface area contributed by atoms with Crippen molar-refractivity contribution in [3.05, 3.63) is 30.5 Å². The number of nitrogens with zero attached hydrogens (tertiary/aromatic N) is 1. The van der Waals surface area contributed by atoms with Crippen LogP contribution < -0.4 is 9.47 Å². The summed E-state index contributed by atoms with van der Waals surface area (Å²) in [7, 11) is 1.64. The van der Waals surface area contributed by atoms with Crippen LogP contribution in [0.2, 0.25) is 0 Å². The number of methoxy groups -OCH3 is 1. The standard InChI is InChI=1S/C12H14N2O2/c1-3-16-11-8-13-12(14-11)9-6-4-5-7-10(9)15-2/h4-8H,3H2,1-2H3,(H,13,14). The van der Waals surface area contributed by atoms with Crippen LogP contribution >= 0.6 is 0 Å². The van der Waals surface area contributed by atoms with Crippen LogP contribution in [0, 0.1) is 0 Å². The molecule has 2 rings (SSSR count). The van der Waals surface area contributed by atoms with Gasteiger partial charge in [-0.3, -0.25) is 0 Å². The predicted octanol–water partition coefficient (Wildman–Crippen LogP) is 2.48. The van der Waals surface area contributed by atoms with Gasteiger partial charge in [-0.1, -0.05) is 12.1 Å². The lowest BCUT2D eigenvalue weighted by molar-refractivity contribution is 0.328. The normalized spacial score (nSPS) is 10.1. The van der Waals surface area contributed by atoms with E-state index in [1.807, 2.05) is 31.2 Å². The van der Waals surface area contributed by atoms with Gasteiger partial charge in [-0.25, -0.2) is 4.98 Å². The second-order valence-corrected chi connectivity index (χ2v) is 3.23. The largest absolute Gasteiger partial charge is 0.496 e. The number of H-pyrrole nitrogens is 1. The van der Waals surface area contributed by atoms with Crippen LogP contribution in [-0.4, -0.2) is 23.7 Å². The van der Waals surface area contributed by atoms with E-state index in [0.29, 0.717) is 12.5 Å². The van der Waals surface area contributed by atoms with Gasteiger partial charge in [0.2, 0.25) is 5.88 Å². The summed E-state index contributed by atoms with van der Waals surface area (Å²) >= 11 is 0. The van der Waals surface area contributed by atoms with Crippen LogP contribution in [0.15, 0.2) is 30.5 Å². The van der Waals surface area contributed by atoms with E-state index in [1.165, 1.54) is 0 Å². The summed E-state index contributed by atoms with van der Waals surface area (Å²) in [6.45, 7) is 2.55. The summed E-state index contributed by atoms with van der Waals surface area (Å²) in [5, 5.41) is 0. The zero-order valence-electron chi connectivity index (χ0n) is 9.36. The molecule has 2 aromatic rings. The number of benzene rings is 1. The number of ether oxygens (including phenoxy) is 2. The highest BCUT2D eigenvalue weighted by Gasteiger charge is 2.08. The van der Waals surface area contributed by atoms with Crippen LogP contribution in [-0.2, 0) is 0 Å². The lowest BCUT2D eigenvalue weighted by atomic mass is 10.2. The Balaban J connectivity index is 2.34. The van der Waals surface area contributed by atoms with Gasteiger partial charge in [-0.15, -0.1) is 0 Å². The molecule has 0 spiro atoms. The van der Waals surface area contributed by atoms with Crippen molar-refractivity contribution in [3.8, 4) is 23.0 Å². The van der Waals surface area contributed by atoms with Crippen LogP contribution in [0.1, 0.15) is 6.92 Å². The molecule has 0 saturated heterocycles. The highest BCUT2D eigenvalue weighted by atomic mass is 16.5. The zero-order chi connectivity index (χ0) is 11.4. The number of nitrogens with one attached hydrogen (secondary N) is 1. The third kappa shape index (κ3) is 2.00. The number of hydrogen-bond acceptors (Lipinski definition) is 3. The number of rotatable bonds is 4. The van der Waals surface area contributed by atoms with E-state index in [2.05, 4.69) is 9.97 Å². The molecule has 0 fully saturated rings. The molecular weight excluding hydrogens is 204 g/mol. The smallest absolute Gasteiger partial charge is 0.211 e. The molecule has 0 radical (unpaired) electrons. The van der Waals surface area contributed by atoms with Gasteiger partial charge in [0.15, 0.2) is 0 Å². The SMILES string of the molecule is CCOc1cnc(-c2ccccc2OC)[nH]1. The lowest BCUT2D eigenvalue weighted by Gasteiger charge is -2.04. The number of imidazole rings is 1. The maximum atomic E-state index is 5.32. The van der Waals surface area contributed by atoms with Crippen molar-refractivity contribution in [2.75, 3.05) is 13.7 Å². The third-order valence-corrected chi connectivity index (χ3v) is 2.21. The van der Waals surface area contributed by atoms with Crippen molar-refractivity contribution in [2.45, 2.75) is 6.92 Å². The molecule has 0 aliphatic rings. The van der Waals surface area contributed by atoms with Gasteiger partial charge in [-0.2, -0.15) is 0 Å². The fraction of sp³-hybridized carbons (Fsp3) is 0.250. The molecule has 1 heterocycles. The van der Waals surface area contributed by atoms with E-state index in [0.717, 1.165) is 17.1 Å². The quantitative estimate of drug-likeness (QED) is 0.857. The second-order valence-electron chi connectivity index (χ2n) is 3.23. The van der Waals surface area contributed by atoms with Crippen molar-refractivity contribution < 1.29 is 9.47 Å². The Hall–Kier alpha value is -1.97. The average molecular weight is 218 g/mol. The fourth-order valence-electron chi connectivity index (χ4n) is 1.51. The van der Waals surface area contributed by atoms with Gasteiger partial charge in [0.1, 0.15) is 11.6 Å². The Labute approximate surface area is 94.2 Å². The molecule has 0 amide bonds. The van der Waals surface area contributed by atoms with Crippen molar-refractivity contribution in [1.82, 2.24) is 9.97 Å². The van der Waals surface area contributed by atoms with E-state index in [9.17, 15) is 0 Å². The lowest BCUT2D eigenvalue weighted by Crippen LogP contribution is -1.91. The summed E-state index contributed by atoms with van der Waals surface area (Å²) in [5.74, 6) is 2.21. The second kappa shape index (κ2) is 4.70. The van der Waals surface area contributed by atoms with Crippen LogP contribution in [0.4, 0.5) is 0 Å². The molecule has 1 aromatic carbocycles. The molecule has 4 heteroatoms. The van der Waals surface area contributed by atoms with E-state index in [1.54, 1.807) is 13.3 Å². The maximum absolute atomic E-state index is 5.32. The summed E-state index contributed by atoms with van der Waals surface area (Å²) in [4.78, 5) is 7.34. The first-order chi connectivity index (χ1) is 7.85. The number of aromatic nitrogens is 2. The minimum atomic E-state index is 0.619. The molecule has 1 N–H and O–H groups in total. The molecule has 0 atom stereocenters. The summed E-state index contributed by atoms with van der Waals surface area (Å²) in [5.41, 5.74) is 0.927. The molecule has 0 bridgehead atoms. The highest BCUT2D eigenvalue weighted by molar-refractivity contribution is 5.64. The maximum Gasteiger partial charge on any atom is 0.211 e. The van der Waals surface area contributed by atoms with E-state index >= 15 is 0 Å². The molecule has 1 aromatic heterocycles. The molecule has 0 aliphatic carbocycles. The monoisotopic (exact) mass is 218 g/mol. The van der Waals surface area contributed by atoms with Crippen LogP contribution in [0.3, 0.4) is 0 Å². The molecule has 0 aliphatic heterocycles. The molecule has 16 heavy (non-hydrogen) atoms. The van der Waals surface area contributed by atoms with E-state index < -0.39 is 0 Å². The number of aromatic amines is 1. The fourth-order valence-corrected chi connectivity index (χ4v) is 1.51. The van der Waals surface area contributed by atoms with Crippen LogP contribution in [0.5, 0.6) is 11.6 Å². The Morgan fingerprint density at radius 3 is 2.88 bits per heavy atom. The van der Waals surface area contributed by atoms with Crippen molar-refractivity contribution >= 4 is 0 Å². The molecular formula is C12H14N2O2. The number of hydrogen-bond donors (Lipinski definition) is 1. The van der Waals surface area contributed by atoms with Gasteiger partial charge in [0, 0.05) is 0 Å². The van der Waals surface area contributed by atoms with Crippen LogP contribution in [0.25, 0.3) is 11.4 Å². The molecule has 0 unspecified atom stereocenters. The van der Waals surface area contributed by atoms with Gasteiger partial charge in [-0.05, 0) is 19.1 Å². The Kier molecular flexibility index (Phi) is 3.10. The Morgan fingerprint density at radius 2 is 2.12 bits per heavy atom. The molecule has 0 saturated carbocycles. The van der Waals surface area contributed by atoms with Crippen molar-refractivity contribution in [3.63, 3.8) is 0 Å². The summed E-state index contributed by atoms with van der Waals surface area (Å²) in [6, 6.07) is 7.72. The predicted molar refractivity (Wildman–Crippen MR) is 61.7 cm³/mol. The van der Waals surface area contributed by atoms with Crippen molar-refractivity contribution in [1.29, 1.82) is 0 Å². The Morgan fingerprint density at radius 1 is 1.31 bits per heavy atom. The topological polar surface area (TPSA) is 47.1 Å². The van der Waals surface area contributed by atoms with Crippen molar-refractivity contribution in [2.24, 2.45) is 0 Å². The highest BCUT2D eigenvalue weighted by Crippen LogP contribution is 2.28.